The fourth-order valence-corrected chi connectivity index (χ4v) is 4.10. The number of benzene rings is 2. The highest BCUT2D eigenvalue weighted by Crippen LogP contribution is 2.28. The number of esters is 1. The maximum atomic E-state index is 12.8. The van der Waals surface area contributed by atoms with Crippen LogP contribution in [-0.4, -0.2) is 23.3 Å². The van der Waals surface area contributed by atoms with Crippen LogP contribution in [0.15, 0.2) is 66.0 Å². The first-order chi connectivity index (χ1) is 14.0. The fraction of sp³-hybridized carbons (Fsp3) is 0.0455. The highest BCUT2D eigenvalue weighted by atomic mass is 35.5. The predicted molar refractivity (Wildman–Crippen MR) is 116 cm³/mol. The molecule has 0 unspecified atom stereocenters. The number of hydrogen-bond acceptors (Lipinski definition) is 5. The summed E-state index contributed by atoms with van der Waals surface area (Å²) in [6.07, 6.45) is 0. The molecule has 4 rings (SSSR count). The molecule has 29 heavy (non-hydrogen) atoms. The van der Waals surface area contributed by atoms with Gasteiger partial charge in [-0.25, -0.2) is 9.78 Å². The van der Waals surface area contributed by atoms with Crippen molar-refractivity contribution in [2.75, 3.05) is 6.61 Å². The second-order valence-corrected chi connectivity index (χ2v) is 7.96. The number of aromatic nitrogens is 1. The summed E-state index contributed by atoms with van der Waals surface area (Å²) in [4.78, 5) is 30.8. The number of ether oxygens (including phenoxy) is 1. The average Bonchev–Trinajstić information content (AvgIpc) is 3.26. The second kappa shape index (κ2) is 8.33. The monoisotopic (exact) mass is 441 g/mol. The minimum atomic E-state index is -0.597. The molecule has 4 nitrogen and oxygen atoms in total. The maximum Gasteiger partial charge on any atom is 0.339 e. The molecule has 4 aromatic rings. The van der Waals surface area contributed by atoms with E-state index in [0.717, 1.165) is 4.88 Å². The zero-order valence-electron chi connectivity index (χ0n) is 14.9. The van der Waals surface area contributed by atoms with Crippen LogP contribution in [0.3, 0.4) is 0 Å². The molecular weight excluding hydrogens is 429 g/mol. The van der Waals surface area contributed by atoms with Crippen LogP contribution in [0.2, 0.25) is 10.0 Å². The van der Waals surface area contributed by atoms with E-state index < -0.39 is 18.4 Å². The van der Waals surface area contributed by atoms with Crippen LogP contribution in [0.4, 0.5) is 0 Å². The van der Waals surface area contributed by atoms with Crippen molar-refractivity contribution in [3.05, 3.63) is 87.2 Å². The second-order valence-electron chi connectivity index (χ2n) is 6.17. The maximum absolute atomic E-state index is 12.8. The average molecular weight is 442 g/mol. The summed E-state index contributed by atoms with van der Waals surface area (Å²) in [6, 6.07) is 17.4. The minimum absolute atomic E-state index is 0.216. The van der Waals surface area contributed by atoms with Gasteiger partial charge < -0.3 is 4.74 Å². The number of carbonyl (C=O) groups excluding carboxylic acids is 2. The molecule has 0 aliphatic rings. The molecule has 0 N–H and O–H groups in total. The van der Waals surface area contributed by atoms with Crippen molar-refractivity contribution in [1.29, 1.82) is 0 Å². The van der Waals surface area contributed by atoms with Crippen molar-refractivity contribution < 1.29 is 14.3 Å². The predicted octanol–water partition coefficient (Wildman–Crippen LogP) is 6.31. The van der Waals surface area contributed by atoms with Gasteiger partial charge in [0.05, 0.1) is 26.7 Å². The molecule has 0 amide bonds. The number of thiophene rings is 1. The van der Waals surface area contributed by atoms with Crippen LogP contribution in [0.1, 0.15) is 20.7 Å². The van der Waals surface area contributed by atoms with Crippen molar-refractivity contribution in [2.45, 2.75) is 0 Å². The summed E-state index contributed by atoms with van der Waals surface area (Å²) < 4.78 is 5.31. The Morgan fingerprint density at radius 3 is 2.55 bits per heavy atom. The van der Waals surface area contributed by atoms with Crippen LogP contribution in [-0.2, 0) is 4.74 Å². The number of rotatable bonds is 5. The van der Waals surface area contributed by atoms with Crippen molar-refractivity contribution >= 4 is 57.2 Å². The lowest BCUT2D eigenvalue weighted by Gasteiger charge is -2.10. The van der Waals surface area contributed by atoms with Gasteiger partial charge in [-0.2, -0.15) is 0 Å². The third kappa shape index (κ3) is 4.17. The topological polar surface area (TPSA) is 56.3 Å². The summed E-state index contributed by atoms with van der Waals surface area (Å²) in [5.74, 6) is -1.00. The number of nitrogens with zero attached hydrogens (tertiary/aromatic N) is 1. The van der Waals surface area contributed by atoms with Crippen LogP contribution in [0.25, 0.3) is 21.5 Å². The first-order valence-corrected chi connectivity index (χ1v) is 10.3. The Balaban J connectivity index is 1.62. The summed E-state index contributed by atoms with van der Waals surface area (Å²) in [5, 5.41) is 3.24. The van der Waals surface area contributed by atoms with Crippen LogP contribution < -0.4 is 0 Å². The lowest BCUT2D eigenvalue weighted by Crippen LogP contribution is -2.15. The summed E-state index contributed by atoms with van der Waals surface area (Å²) in [6.45, 7) is -0.425. The molecule has 0 aliphatic carbocycles. The number of para-hydroxylation sites is 1. The van der Waals surface area contributed by atoms with E-state index in [0.29, 0.717) is 27.2 Å². The number of fused-ring (bicyclic) bond motifs is 1. The molecule has 144 valence electrons. The first-order valence-electron chi connectivity index (χ1n) is 8.62. The third-order valence-corrected chi connectivity index (χ3v) is 5.72. The van der Waals surface area contributed by atoms with E-state index in [9.17, 15) is 9.59 Å². The van der Waals surface area contributed by atoms with Crippen molar-refractivity contribution in [3.63, 3.8) is 0 Å². The molecule has 0 radical (unpaired) electrons. The zero-order valence-corrected chi connectivity index (χ0v) is 17.2. The van der Waals surface area contributed by atoms with Crippen LogP contribution in [0, 0.1) is 0 Å². The van der Waals surface area contributed by atoms with E-state index in [-0.39, 0.29) is 10.6 Å². The van der Waals surface area contributed by atoms with Gasteiger partial charge in [0.15, 0.2) is 6.61 Å². The smallest absolute Gasteiger partial charge is 0.339 e. The first kappa shape index (κ1) is 19.6. The lowest BCUT2D eigenvalue weighted by atomic mass is 10.1. The summed E-state index contributed by atoms with van der Waals surface area (Å²) in [5.41, 5.74) is 1.96. The molecule has 7 heteroatoms. The van der Waals surface area contributed by atoms with E-state index in [1.807, 2.05) is 35.7 Å². The summed E-state index contributed by atoms with van der Waals surface area (Å²) in [7, 11) is 0. The Morgan fingerprint density at radius 1 is 0.966 bits per heavy atom. The minimum Gasteiger partial charge on any atom is -0.454 e. The number of pyridine rings is 1. The Kier molecular flexibility index (Phi) is 5.62. The highest BCUT2D eigenvalue weighted by Gasteiger charge is 2.18. The molecule has 0 saturated carbocycles. The van der Waals surface area contributed by atoms with E-state index in [2.05, 4.69) is 4.98 Å². The van der Waals surface area contributed by atoms with Gasteiger partial charge in [0.25, 0.3) is 0 Å². The van der Waals surface area contributed by atoms with Gasteiger partial charge in [-0.1, -0.05) is 47.5 Å². The standard InChI is InChI=1S/C22H13Cl2NO3S/c23-13-7-8-15(17(24)10-13)20(26)12-28-22(27)16-11-19(21-6-3-9-29-21)25-18-5-2-1-4-14(16)18/h1-11H,12H2. The van der Waals surface area contributed by atoms with Gasteiger partial charge in [0, 0.05) is 16.0 Å². The van der Waals surface area contributed by atoms with Gasteiger partial charge in [0.1, 0.15) is 0 Å². The molecule has 2 aromatic heterocycles. The van der Waals surface area contributed by atoms with Crippen LogP contribution >= 0.6 is 34.5 Å². The van der Waals surface area contributed by atoms with Crippen molar-refractivity contribution in [1.82, 2.24) is 4.98 Å². The Morgan fingerprint density at radius 2 is 1.79 bits per heavy atom. The Bertz CT molecular complexity index is 1220. The Labute approximate surface area is 180 Å². The number of hydrogen-bond donors (Lipinski definition) is 0. The number of carbonyl (C=O) groups is 2. The zero-order chi connectivity index (χ0) is 20.4. The molecule has 0 bridgehead atoms. The largest absolute Gasteiger partial charge is 0.454 e. The normalized spacial score (nSPS) is 10.8. The molecule has 0 atom stereocenters. The Hall–Kier alpha value is -2.73. The number of halogens is 2. The molecule has 0 aliphatic heterocycles. The molecule has 0 saturated heterocycles. The van der Waals surface area contributed by atoms with Gasteiger partial charge in [-0.05, 0) is 41.8 Å². The molecule has 0 spiro atoms. The number of Topliss-reactive ketones (excluding diaryl/α,β-unsaturated/α-hetero) is 1. The van der Waals surface area contributed by atoms with Crippen LogP contribution in [0.5, 0.6) is 0 Å². The van der Waals surface area contributed by atoms with E-state index >= 15 is 0 Å². The molecule has 2 aromatic carbocycles. The SMILES string of the molecule is O=C(COC(=O)c1cc(-c2cccs2)nc2ccccc12)c1ccc(Cl)cc1Cl. The fourth-order valence-electron chi connectivity index (χ4n) is 2.90. The van der Waals surface area contributed by atoms with Gasteiger partial charge in [-0.15, -0.1) is 11.3 Å². The molecule has 2 heterocycles. The van der Waals surface area contributed by atoms with E-state index in [4.69, 9.17) is 27.9 Å². The van der Waals surface area contributed by atoms with Crippen molar-refractivity contribution in [2.24, 2.45) is 0 Å². The van der Waals surface area contributed by atoms with E-state index in [1.54, 1.807) is 18.2 Å². The van der Waals surface area contributed by atoms with Gasteiger partial charge in [-0.3, -0.25) is 4.79 Å². The highest BCUT2D eigenvalue weighted by molar-refractivity contribution is 7.13. The van der Waals surface area contributed by atoms with Gasteiger partial charge >= 0.3 is 5.97 Å². The number of ketones is 1. The summed E-state index contributed by atoms with van der Waals surface area (Å²) >= 11 is 13.4. The van der Waals surface area contributed by atoms with Crippen molar-refractivity contribution in [3.8, 4) is 10.6 Å². The van der Waals surface area contributed by atoms with Gasteiger partial charge in [0.2, 0.25) is 5.78 Å². The molecule has 0 fully saturated rings. The quantitative estimate of drug-likeness (QED) is 0.269. The third-order valence-electron chi connectivity index (χ3n) is 4.28. The molecular formula is C22H13Cl2NO3S. The lowest BCUT2D eigenvalue weighted by molar-refractivity contribution is 0.0476. The van der Waals surface area contributed by atoms with E-state index in [1.165, 1.54) is 23.5 Å².